The number of hydrogen-bond acceptors (Lipinski definition) is 2. The SMILES string of the molecule is CCCCC1=N[C@@H]2CCCC[C@@H]2S1. The van der Waals surface area contributed by atoms with Gasteiger partial charge in [-0.25, -0.2) is 0 Å². The third-order valence-electron chi connectivity index (χ3n) is 3.01. The number of nitrogens with zero attached hydrogens (tertiary/aromatic N) is 1. The van der Waals surface area contributed by atoms with Crippen molar-refractivity contribution < 1.29 is 0 Å². The molecule has 0 aromatic heterocycles. The van der Waals surface area contributed by atoms with Crippen molar-refractivity contribution in [2.75, 3.05) is 0 Å². The maximum atomic E-state index is 4.83. The molecule has 0 saturated heterocycles. The minimum absolute atomic E-state index is 0.700. The van der Waals surface area contributed by atoms with Gasteiger partial charge >= 0.3 is 0 Å². The molecule has 0 radical (unpaired) electrons. The van der Waals surface area contributed by atoms with E-state index in [9.17, 15) is 0 Å². The van der Waals surface area contributed by atoms with Crippen molar-refractivity contribution in [1.29, 1.82) is 0 Å². The molecule has 2 atom stereocenters. The minimum atomic E-state index is 0.700. The molecule has 2 heteroatoms. The number of hydrogen-bond donors (Lipinski definition) is 0. The zero-order chi connectivity index (χ0) is 9.10. The molecule has 0 spiro atoms. The van der Waals surface area contributed by atoms with Crippen LogP contribution >= 0.6 is 11.8 Å². The van der Waals surface area contributed by atoms with Crippen LogP contribution in [0.4, 0.5) is 0 Å². The molecule has 1 aliphatic heterocycles. The smallest absolute Gasteiger partial charge is 0.0683 e. The molecule has 0 amide bonds. The van der Waals surface area contributed by atoms with Crippen LogP contribution in [0.5, 0.6) is 0 Å². The lowest BCUT2D eigenvalue weighted by Crippen LogP contribution is -2.21. The van der Waals surface area contributed by atoms with Crippen molar-refractivity contribution in [3.8, 4) is 0 Å². The van der Waals surface area contributed by atoms with Crippen molar-refractivity contribution in [3.63, 3.8) is 0 Å². The Morgan fingerprint density at radius 3 is 3.00 bits per heavy atom. The van der Waals surface area contributed by atoms with Crippen LogP contribution in [-0.4, -0.2) is 16.3 Å². The Hall–Kier alpha value is 0.0200. The first-order valence-corrected chi connectivity index (χ1v) is 6.51. The Morgan fingerprint density at radius 1 is 1.38 bits per heavy atom. The van der Waals surface area contributed by atoms with E-state index < -0.39 is 0 Å². The molecule has 1 aliphatic carbocycles. The lowest BCUT2D eigenvalue weighted by molar-refractivity contribution is 0.461. The molecule has 0 aromatic rings. The van der Waals surface area contributed by atoms with Gasteiger partial charge in [0.15, 0.2) is 0 Å². The van der Waals surface area contributed by atoms with Gasteiger partial charge in [-0.3, -0.25) is 4.99 Å². The Labute approximate surface area is 85.4 Å². The van der Waals surface area contributed by atoms with E-state index in [1.807, 2.05) is 0 Å². The van der Waals surface area contributed by atoms with E-state index in [-0.39, 0.29) is 0 Å². The van der Waals surface area contributed by atoms with Gasteiger partial charge in [0.25, 0.3) is 0 Å². The van der Waals surface area contributed by atoms with Gasteiger partial charge in [0, 0.05) is 5.25 Å². The highest BCUT2D eigenvalue weighted by molar-refractivity contribution is 8.14. The zero-order valence-electron chi connectivity index (χ0n) is 8.46. The van der Waals surface area contributed by atoms with Crippen molar-refractivity contribution in [2.24, 2.45) is 4.99 Å². The second-order valence-electron chi connectivity index (χ2n) is 4.13. The summed E-state index contributed by atoms with van der Waals surface area (Å²) in [6, 6.07) is 0.700. The largest absolute Gasteiger partial charge is 0.278 e. The summed E-state index contributed by atoms with van der Waals surface area (Å²) in [4.78, 5) is 4.83. The van der Waals surface area contributed by atoms with Crippen LogP contribution in [0, 0.1) is 0 Å². The number of thioether (sulfide) groups is 1. The van der Waals surface area contributed by atoms with E-state index in [1.165, 1.54) is 50.0 Å². The van der Waals surface area contributed by atoms with E-state index in [0.29, 0.717) is 6.04 Å². The summed E-state index contributed by atoms with van der Waals surface area (Å²) >= 11 is 2.08. The molecule has 1 saturated carbocycles. The van der Waals surface area contributed by atoms with Crippen LogP contribution in [0.25, 0.3) is 0 Å². The lowest BCUT2D eigenvalue weighted by Gasteiger charge is -2.21. The molecule has 0 N–H and O–H groups in total. The lowest BCUT2D eigenvalue weighted by atomic mass is 9.95. The molecule has 2 aliphatic rings. The normalized spacial score (nSPS) is 32.8. The standard InChI is InChI=1S/C11H19NS/c1-2-3-8-11-12-9-6-4-5-7-10(9)13-11/h9-10H,2-8H2,1H3/t9-,10+/m1/s1. The van der Waals surface area contributed by atoms with Crippen LogP contribution in [0.1, 0.15) is 51.9 Å². The van der Waals surface area contributed by atoms with E-state index in [4.69, 9.17) is 4.99 Å². The first-order chi connectivity index (χ1) is 6.40. The van der Waals surface area contributed by atoms with E-state index in [2.05, 4.69) is 18.7 Å². The Balaban J connectivity index is 1.86. The first kappa shape index (κ1) is 9.57. The molecule has 0 bridgehead atoms. The fourth-order valence-electron chi connectivity index (χ4n) is 2.20. The van der Waals surface area contributed by atoms with Gasteiger partial charge in [-0.2, -0.15) is 0 Å². The van der Waals surface area contributed by atoms with Gasteiger partial charge in [0.05, 0.1) is 11.1 Å². The van der Waals surface area contributed by atoms with Crippen LogP contribution in [0.15, 0.2) is 4.99 Å². The van der Waals surface area contributed by atoms with Crippen molar-refractivity contribution >= 4 is 16.8 Å². The summed E-state index contributed by atoms with van der Waals surface area (Å²) in [7, 11) is 0. The van der Waals surface area contributed by atoms with Crippen LogP contribution < -0.4 is 0 Å². The van der Waals surface area contributed by atoms with E-state index in [1.54, 1.807) is 0 Å². The number of fused-ring (bicyclic) bond motifs is 1. The summed E-state index contributed by atoms with van der Waals surface area (Å²) in [6.07, 6.45) is 9.48. The quantitative estimate of drug-likeness (QED) is 0.673. The average molecular weight is 197 g/mol. The third-order valence-corrected chi connectivity index (χ3v) is 4.44. The topological polar surface area (TPSA) is 12.4 Å². The third kappa shape index (κ3) is 2.28. The van der Waals surface area contributed by atoms with Gasteiger partial charge in [0.2, 0.25) is 0 Å². The summed E-state index contributed by atoms with van der Waals surface area (Å²) in [6.45, 7) is 2.26. The summed E-state index contributed by atoms with van der Waals surface area (Å²) in [5.41, 5.74) is 0. The molecule has 1 heterocycles. The maximum absolute atomic E-state index is 4.83. The predicted octanol–water partition coefficient (Wildman–Crippen LogP) is 3.63. The van der Waals surface area contributed by atoms with E-state index >= 15 is 0 Å². The van der Waals surface area contributed by atoms with Crippen LogP contribution in [0.3, 0.4) is 0 Å². The molecular weight excluding hydrogens is 178 g/mol. The molecule has 1 fully saturated rings. The number of rotatable bonds is 3. The Kier molecular flexibility index (Phi) is 3.31. The first-order valence-electron chi connectivity index (χ1n) is 5.63. The van der Waals surface area contributed by atoms with Gasteiger partial charge in [-0.1, -0.05) is 26.2 Å². The molecule has 0 unspecified atom stereocenters. The summed E-state index contributed by atoms with van der Waals surface area (Å²) in [5, 5.41) is 2.32. The second-order valence-corrected chi connectivity index (χ2v) is 5.45. The Bertz CT molecular complexity index is 200. The molecule has 2 rings (SSSR count). The average Bonchev–Trinajstić information content (AvgIpc) is 2.57. The van der Waals surface area contributed by atoms with Crippen molar-refractivity contribution in [3.05, 3.63) is 0 Å². The van der Waals surface area contributed by atoms with Crippen LogP contribution in [-0.2, 0) is 0 Å². The van der Waals surface area contributed by atoms with Crippen molar-refractivity contribution in [1.82, 2.24) is 0 Å². The molecule has 1 nitrogen and oxygen atoms in total. The van der Waals surface area contributed by atoms with Gasteiger partial charge < -0.3 is 0 Å². The fourth-order valence-corrected chi connectivity index (χ4v) is 3.65. The predicted molar refractivity (Wildman–Crippen MR) is 60.6 cm³/mol. The fraction of sp³-hybridized carbons (Fsp3) is 0.909. The van der Waals surface area contributed by atoms with Crippen LogP contribution in [0.2, 0.25) is 0 Å². The van der Waals surface area contributed by atoms with Gasteiger partial charge in [0.1, 0.15) is 0 Å². The summed E-state index contributed by atoms with van der Waals surface area (Å²) < 4.78 is 0. The Morgan fingerprint density at radius 2 is 2.23 bits per heavy atom. The van der Waals surface area contributed by atoms with Gasteiger partial charge in [-0.05, 0) is 25.7 Å². The zero-order valence-corrected chi connectivity index (χ0v) is 9.28. The van der Waals surface area contributed by atoms with Crippen molar-refractivity contribution in [2.45, 2.75) is 63.2 Å². The second kappa shape index (κ2) is 4.50. The molecule has 0 aromatic carbocycles. The highest BCUT2D eigenvalue weighted by atomic mass is 32.2. The maximum Gasteiger partial charge on any atom is 0.0683 e. The van der Waals surface area contributed by atoms with E-state index in [0.717, 1.165) is 5.25 Å². The minimum Gasteiger partial charge on any atom is -0.278 e. The van der Waals surface area contributed by atoms with Gasteiger partial charge in [-0.15, -0.1) is 11.8 Å². The highest BCUT2D eigenvalue weighted by Gasteiger charge is 2.31. The molecular formula is C11H19NS. The molecule has 74 valence electrons. The monoisotopic (exact) mass is 197 g/mol. The number of aliphatic imine (C=N–C) groups is 1. The highest BCUT2D eigenvalue weighted by Crippen LogP contribution is 2.38. The molecule has 13 heavy (non-hydrogen) atoms. The number of unbranched alkanes of at least 4 members (excludes halogenated alkanes) is 1. The summed E-state index contributed by atoms with van der Waals surface area (Å²) in [5.74, 6) is 0.